The zero-order chi connectivity index (χ0) is 18.8. The van der Waals surface area contributed by atoms with Crippen LogP contribution in [0.15, 0.2) is 66.9 Å². The summed E-state index contributed by atoms with van der Waals surface area (Å²) in [5.41, 5.74) is 4.83. The Morgan fingerprint density at radius 3 is 2.56 bits per heavy atom. The molecular weight excluding hydrogens is 338 g/mol. The predicted octanol–water partition coefficient (Wildman–Crippen LogP) is 4.41. The molecule has 0 aliphatic carbocycles. The van der Waals surface area contributed by atoms with Crippen LogP contribution in [-0.4, -0.2) is 25.6 Å². The normalized spacial score (nSPS) is 11.0. The number of carboxylic acid groups (broad SMARTS) is 1. The molecule has 5 nitrogen and oxygen atoms in total. The zero-order valence-electron chi connectivity index (χ0n) is 15.0. The van der Waals surface area contributed by atoms with Crippen molar-refractivity contribution in [3.63, 3.8) is 0 Å². The molecule has 5 heteroatoms. The van der Waals surface area contributed by atoms with E-state index in [1.54, 1.807) is 18.3 Å². The number of hydrogen-bond acceptors (Lipinski definition) is 3. The largest absolute Gasteiger partial charge is 0.478 e. The number of rotatable bonds is 5. The molecule has 0 spiro atoms. The molecule has 0 radical (unpaired) electrons. The van der Waals surface area contributed by atoms with Crippen molar-refractivity contribution in [2.24, 2.45) is 0 Å². The third kappa shape index (κ3) is 3.19. The summed E-state index contributed by atoms with van der Waals surface area (Å²) in [7, 11) is 0. The quantitative estimate of drug-likeness (QED) is 0.574. The number of pyridine rings is 1. The molecule has 27 heavy (non-hydrogen) atoms. The molecule has 2 aromatic carbocycles. The van der Waals surface area contributed by atoms with Crippen molar-refractivity contribution in [3.8, 4) is 11.1 Å². The van der Waals surface area contributed by atoms with Gasteiger partial charge in [0.25, 0.3) is 0 Å². The molecule has 0 aliphatic heterocycles. The lowest BCUT2D eigenvalue weighted by Crippen LogP contribution is -2.05. The van der Waals surface area contributed by atoms with Crippen LogP contribution in [0.25, 0.3) is 22.3 Å². The van der Waals surface area contributed by atoms with E-state index in [1.165, 1.54) is 0 Å². The van der Waals surface area contributed by atoms with Gasteiger partial charge >= 0.3 is 5.97 Å². The maximum atomic E-state index is 11.5. The summed E-state index contributed by atoms with van der Waals surface area (Å²) in [5, 5.41) is 9.39. The molecule has 2 heterocycles. The summed E-state index contributed by atoms with van der Waals surface area (Å²) in [6.07, 6.45) is 2.62. The number of carboxylic acids is 1. The van der Waals surface area contributed by atoms with Crippen LogP contribution in [0, 0.1) is 0 Å². The predicted molar refractivity (Wildman–Crippen MR) is 105 cm³/mol. The minimum absolute atomic E-state index is 0.309. The molecule has 134 valence electrons. The molecule has 4 rings (SSSR count). The summed E-state index contributed by atoms with van der Waals surface area (Å²) in [4.78, 5) is 20.6. The van der Waals surface area contributed by atoms with Gasteiger partial charge in [0, 0.05) is 12.6 Å². The van der Waals surface area contributed by atoms with E-state index in [-0.39, 0.29) is 0 Å². The molecule has 1 N–H and O–H groups in total. The highest BCUT2D eigenvalue weighted by Crippen LogP contribution is 2.25. The van der Waals surface area contributed by atoms with Gasteiger partial charge in [-0.1, -0.05) is 49.4 Å². The average Bonchev–Trinajstić information content (AvgIpc) is 3.06. The van der Waals surface area contributed by atoms with E-state index in [1.807, 2.05) is 48.5 Å². The summed E-state index contributed by atoms with van der Waals surface area (Å²) in [5.74, 6) is 0.0854. The highest BCUT2D eigenvalue weighted by molar-refractivity contribution is 5.96. The number of fused-ring (bicyclic) bond motifs is 1. The van der Waals surface area contributed by atoms with Crippen molar-refractivity contribution in [1.29, 1.82) is 0 Å². The lowest BCUT2D eigenvalue weighted by atomic mass is 9.99. The molecule has 0 saturated carbocycles. The molecule has 0 aliphatic rings. The molecule has 0 unspecified atom stereocenters. The highest BCUT2D eigenvalue weighted by atomic mass is 16.4. The summed E-state index contributed by atoms with van der Waals surface area (Å²) in [6.45, 7) is 2.77. The van der Waals surface area contributed by atoms with Gasteiger partial charge in [-0.25, -0.2) is 14.8 Å². The van der Waals surface area contributed by atoms with E-state index >= 15 is 0 Å². The number of aromatic carboxylic acids is 1. The van der Waals surface area contributed by atoms with Crippen LogP contribution >= 0.6 is 0 Å². The van der Waals surface area contributed by atoms with E-state index < -0.39 is 5.97 Å². The first-order valence-corrected chi connectivity index (χ1v) is 8.89. The number of nitrogens with zero attached hydrogens (tertiary/aromatic N) is 3. The van der Waals surface area contributed by atoms with Crippen molar-refractivity contribution < 1.29 is 9.90 Å². The summed E-state index contributed by atoms with van der Waals surface area (Å²) < 4.78 is 2.13. The van der Waals surface area contributed by atoms with Gasteiger partial charge in [-0.2, -0.15) is 0 Å². The van der Waals surface area contributed by atoms with E-state index in [0.717, 1.165) is 40.1 Å². The van der Waals surface area contributed by atoms with Gasteiger partial charge < -0.3 is 9.67 Å². The Kier molecular flexibility index (Phi) is 4.42. The Labute approximate surface area is 157 Å². The maximum Gasteiger partial charge on any atom is 0.336 e. The topological polar surface area (TPSA) is 68.0 Å². The minimum atomic E-state index is -0.918. The highest BCUT2D eigenvalue weighted by Gasteiger charge is 2.12. The Bertz CT molecular complexity index is 1110. The van der Waals surface area contributed by atoms with Gasteiger partial charge in [0.15, 0.2) is 5.65 Å². The Morgan fingerprint density at radius 2 is 1.81 bits per heavy atom. The van der Waals surface area contributed by atoms with E-state index in [0.29, 0.717) is 12.1 Å². The smallest absolute Gasteiger partial charge is 0.336 e. The van der Waals surface area contributed by atoms with Gasteiger partial charge in [-0.05, 0) is 34.9 Å². The van der Waals surface area contributed by atoms with E-state index in [9.17, 15) is 9.90 Å². The van der Waals surface area contributed by atoms with Gasteiger partial charge in [0.2, 0.25) is 0 Å². The van der Waals surface area contributed by atoms with Gasteiger partial charge in [0.1, 0.15) is 11.3 Å². The van der Waals surface area contributed by atoms with Crippen LogP contribution in [0.5, 0.6) is 0 Å². The van der Waals surface area contributed by atoms with Crippen molar-refractivity contribution in [1.82, 2.24) is 14.5 Å². The van der Waals surface area contributed by atoms with Crippen LogP contribution in [0.4, 0.5) is 0 Å². The minimum Gasteiger partial charge on any atom is -0.478 e. The fraction of sp³-hybridized carbons (Fsp3) is 0.136. The number of imidazole rings is 1. The van der Waals surface area contributed by atoms with Gasteiger partial charge in [-0.15, -0.1) is 0 Å². The lowest BCUT2D eigenvalue weighted by Gasteiger charge is -2.10. The maximum absolute atomic E-state index is 11.5. The van der Waals surface area contributed by atoms with Gasteiger partial charge in [-0.3, -0.25) is 0 Å². The standard InChI is InChI=1S/C22H19N3O2/c1-2-20-24-19-8-5-13-23-21(19)25(20)14-15-9-11-16(12-10-15)17-6-3-4-7-18(17)22(26)27/h3-13H,2,14H2,1H3,(H,26,27). The molecular formula is C22H19N3O2. The first kappa shape index (κ1) is 17.0. The van der Waals surface area contributed by atoms with Crippen LogP contribution in [0.3, 0.4) is 0 Å². The SMILES string of the molecule is CCc1nc2cccnc2n1Cc1ccc(-c2ccccc2C(=O)O)cc1. The average molecular weight is 357 g/mol. The Balaban J connectivity index is 1.68. The fourth-order valence-electron chi connectivity index (χ4n) is 3.34. The molecule has 0 amide bonds. The van der Waals surface area contributed by atoms with Crippen molar-refractivity contribution in [3.05, 3.63) is 83.8 Å². The summed E-state index contributed by atoms with van der Waals surface area (Å²) >= 11 is 0. The van der Waals surface area contributed by atoms with Crippen LogP contribution in [-0.2, 0) is 13.0 Å². The first-order chi connectivity index (χ1) is 13.2. The molecule has 0 bridgehead atoms. The zero-order valence-corrected chi connectivity index (χ0v) is 15.0. The molecule has 0 atom stereocenters. The second-order valence-electron chi connectivity index (χ2n) is 6.36. The van der Waals surface area contributed by atoms with E-state index in [4.69, 9.17) is 0 Å². The van der Waals surface area contributed by atoms with Crippen LogP contribution in [0.2, 0.25) is 0 Å². The van der Waals surface area contributed by atoms with Crippen molar-refractivity contribution in [2.75, 3.05) is 0 Å². The monoisotopic (exact) mass is 357 g/mol. The lowest BCUT2D eigenvalue weighted by molar-refractivity contribution is 0.0697. The van der Waals surface area contributed by atoms with Gasteiger partial charge in [0.05, 0.1) is 12.1 Å². The number of carbonyl (C=O) groups is 1. The first-order valence-electron chi connectivity index (χ1n) is 8.89. The fourth-order valence-corrected chi connectivity index (χ4v) is 3.34. The van der Waals surface area contributed by atoms with E-state index in [2.05, 4.69) is 21.5 Å². The molecule has 0 saturated heterocycles. The number of benzene rings is 2. The van der Waals surface area contributed by atoms with Crippen LogP contribution < -0.4 is 0 Å². The summed E-state index contributed by atoms with van der Waals surface area (Å²) in [6, 6.07) is 18.9. The molecule has 4 aromatic rings. The van der Waals surface area contributed by atoms with Crippen LogP contribution in [0.1, 0.15) is 28.7 Å². The number of aromatic nitrogens is 3. The molecule has 2 aromatic heterocycles. The third-order valence-electron chi connectivity index (χ3n) is 4.66. The van der Waals surface area contributed by atoms with Crippen molar-refractivity contribution >= 4 is 17.1 Å². The Hall–Kier alpha value is -3.47. The second-order valence-corrected chi connectivity index (χ2v) is 6.36. The third-order valence-corrected chi connectivity index (χ3v) is 4.66. The van der Waals surface area contributed by atoms with Crippen molar-refractivity contribution in [2.45, 2.75) is 19.9 Å². The number of aryl methyl sites for hydroxylation is 1. The second kappa shape index (κ2) is 7.03. The number of hydrogen-bond donors (Lipinski definition) is 1. The molecule has 0 fully saturated rings. The Morgan fingerprint density at radius 1 is 1.04 bits per heavy atom.